The molecule has 14 heteroatoms. The van der Waals surface area contributed by atoms with E-state index in [1.165, 1.54) is 32.9 Å². The number of alkyl halides is 5. The van der Waals surface area contributed by atoms with Crippen molar-refractivity contribution in [3.05, 3.63) is 46.5 Å². The zero-order valence-electron chi connectivity index (χ0n) is 21.8. The lowest BCUT2D eigenvalue weighted by Gasteiger charge is -2.33. The average molecular weight is 594 g/mol. The van der Waals surface area contributed by atoms with Crippen LogP contribution in [0.25, 0.3) is 11.0 Å². The number of benzene rings is 2. The summed E-state index contributed by atoms with van der Waals surface area (Å²) in [7, 11) is -2.12. The molecule has 0 saturated carbocycles. The standard InChI is InChI=1S/C25H29ClF5N5O2S/c1-23(2,3)39(37,38)32-14-15-5-6-16(25(29,30)31)18(11-15)33-22-34-19-12-17(26)20(13-21(19)35(22)4)36-9-7-24(27,28)8-10-36/h5-6,11-13,32H,7-10,14H2,1-4H3,(H,33,34). The lowest BCUT2D eigenvalue weighted by atomic mass is 10.1. The molecular weight excluding hydrogens is 565 g/mol. The van der Waals surface area contributed by atoms with E-state index in [0.717, 1.165) is 6.07 Å². The molecule has 2 aromatic carbocycles. The maximum Gasteiger partial charge on any atom is 0.418 e. The van der Waals surface area contributed by atoms with Crippen LogP contribution < -0.4 is 14.9 Å². The zero-order valence-corrected chi connectivity index (χ0v) is 23.3. The first kappa shape index (κ1) is 29.3. The lowest BCUT2D eigenvalue weighted by Crippen LogP contribution is -2.39. The first-order valence-electron chi connectivity index (χ1n) is 12.1. The molecule has 1 aliphatic heterocycles. The fourth-order valence-electron chi connectivity index (χ4n) is 4.20. The van der Waals surface area contributed by atoms with Crippen LogP contribution in [0.3, 0.4) is 0 Å². The Morgan fingerprint density at radius 1 is 1.08 bits per heavy atom. The van der Waals surface area contributed by atoms with Gasteiger partial charge in [-0.05, 0) is 50.6 Å². The molecule has 39 heavy (non-hydrogen) atoms. The fourth-order valence-corrected chi connectivity index (χ4v) is 5.27. The van der Waals surface area contributed by atoms with Gasteiger partial charge in [0.25, 0.3) is 5.92 Å². The molecule has 1 aliphatic rings. The second-order valence-corrected chi connectivity index (χ2v) is 13.5. The summed E-state index contributed by atoms with van der Waals surface area (Å²) < 4.78 is 96.4. The van der Waals surface area contributed by atoms with Crippen LogP contribution in [0.1, 0.15) is 44.7 Å². The zero-order chi connectivity index (χ0) is 29.0. The van der Waals surface area contributed by atoms with Crippen LogP contribution in [0.5, 0.6) is 0 Å². The second-order valence-electron chi connectivity index (χ2n) is 10.6. The number of piperidine rings is 1. The Kier molecular flexibility index (Phi) is 7.58. The van der Waals surface area contributed by atoms with Gasteiger partial charge in [0, 0.05) is 39.5 Å². The van der Waals surface area contributed by atoms with E-state index in [0.29, 0.717) is 27.3 Å². The minimum atomic E-state index is -4.69. The molecule has 2 N–H and O–H groups in total. The van der Waals surface area contributed by atoms with Gasteiger partial charge in [0.1, 0.15) is 0 Å². The van der Waals surface area contributed by atoms with Gasteiger partial charge in [-0.25, -0.2) is 26.9 Å². The lowest BCUT2D eigenvalue weighted by molar-refractivity contribution is -0.136. The smallest absolute Gasteiger partial charge is 0.370 e. The number of sulfonamides is 1. The van der Waals surface area contributed by atoms with E-state index in [2.05, 4.69) is 15.0 Å². The number of imidazole rings is 1. The first-order valence-corrected chi connectivity index (χ1v) is 14.0. The minimum Gasteiger partial charge on any atom is -0.370 e. The monoisotopic (exact) mass is 593 g/mol. The van der Waals surface area contributed by atoms with Crippen LogP contribution in [-0.4, -0.2) is 41.7 Å². The Labute approximate surface area is 228 Å². The van der Waals surface area contributed by atoms with E-state index in [-0.39, 0.29) is 44.1 Å². The summed E-state index contributed by atoms with van der Waals surface area (Å²) in [5.41, 5.74) is 0.529. The molecule has 1 fully saturated rings. The maximum absolute atomic E-state index is 13.8. The summed E-state index contributed by atoms with van der Waals surface area (Å²) in [6.45, 7) is 4.56. The number of aromatic nitrogens is 2. The van der Waals surface area contributed by atoms with E-state index >= 15 is 0 Å². The van der Waals surface area contributed by atoms with Crippen molar-refractivity contribution in [3.63, 3.8) is 0 Å². The number of halogens is 6. The third kappa shape index (κ3) is 6.25. The van der Waals surface area contributed by atoms with E-state index < -0.39 is 32.4 Å². The summed E-state index contributed by atoms with van der Waals surface area (Å²) in [5, 5.41) is 3.03. The van der Waals surface area contributed by atoms with Gasteiger partial charge in [-0.2, -0.15) is 13.2 Å². The van der Waals surface area contributed by atoms with Crippen LogP contribution in [-0.2, 0) is 29.8 Å². The number of hydrogen-bond donors (Lipinski definition) is 2. The molecule has 0 radical (unpaired) electrons. The molecule has 0 atom stereocenters. The first-order chi connectivity index (χ1) is 17.9. The van der Waals surface area contributed by atoms with Gasteiger partial charge in [-0.15, -0.1) is 0 Å². The molecule has 0 spiro atoms. The van der Waals surface area contributed by atoms with Crippen molar-refractivity contribution in [3.8, 4) is 0 Å². The van der Waals surface area contributed by atoms with Gasteiger partial charge in [-0.3, -0.25) is 0 Å². The molecule has 1 aromatic heterocycles. The molecule has 4 rings (SSSR count). The van der Waals surface area contributed by atoms with Crippen molar-refractivity contribution in [1.29, 1.82) is 0 Å². The van der Waals surface area contributed by atoms with Gasteiger partial charge < -0.3 is 14.8 Å². The van der Waals surface area contributed by atoms with Gasteiger partial charge in [0.05, 0.1) is 37.7 Å². The number of fused-ring (bicyclic) bond motifs is 1. The third-order valence-corrected chi connectivity index (χ3v) is 9.13. The van der Waals surface area contributed by atoms with E-state index in [1.807, 2.05) is 0 Å². The molecule has 3 aromatic rings. The van der Waals surface area contributed by atoms with Gasteiger partial charge in [-0.1, -0.05) is 17.7 Å². The van der Waals surface area contributed by atoms with Crippen molar-refractivity contribution in [1.82, 2.24) is 14.3 Å². The van der Waals surface area contributed by atoms with Gasteiger partial charge in [0.2, 0.25) is 16.0 Å². The number of nitrogens with one attached hydrogen (secondary N) is 2. The largest absolute Gasteiger partial charge is 0.418 e. The van der Waals surface area contributed by atoms with E-state index in [1.54, 1.807) is 28.6 Å². The van der Waals surface area contributed by atoms with Crippen LogP contribution in [0.2, 0.25) is 5.02 Å². The second kappa shape index (κ2) is 10.1. The summed E-state index contributed by atoms with van der Waals surface area (Å²) in [6.07, 6.45) is -5.30. The van der Waals surface area contributed by atoms with E-state index in [9.17, 15) is 30.4 Å². The van der Waals surface area contributed by atoms with Gasteiger partial charge >= 0.3 is 6.18 Å². The summed E-state index contributed by atoms with van der Waals surface area (Å²) in [4.78, 5) is 6.15. The molecular formula is C25H29ClF5N5O2S. The predicted molar refractivity (Wildman–Crippen MR) is 142 cm³/mol. The molecule has 214 valence electrons. The van der Waals surface area contributed by atoms with Crippen molar-refractivity contribution in [2.45, 2.75) is 57.0 Å². The highest BCUT2D eigenvalue weighted by Gasteiger charge is 2.36. The van der Waals surface area contributed by atoms with Crippen LogP contribution in [0, 0.1) is 0 Å². The average Bonchev–Trinajstić information content (AvgIpc) is 3.10. The summed E-state index contributed by atoms with van der Waals surface area (Å²) in [5.74, 6) is -2.64. The highest BCUT2D eigenvalue weighted by Crippen LogP contribution is 2.39. The quantitative estimate of drug-likeness (QED) is 0.322. The number of rotatable bonds is 6. The topological polar surface area (TPSA) is 79.3 Å². The number of anilines is 3. The van der Waals surface area contributed by atoms with Crippen LogP contribution in [0.4, 0.5) is 39.3 Å². The Hall–Kier alpha value is -2.64. The SMILES string of the molecule is Cn1c(Nc2cc(CNS(=O)(=O)C(C)(C)C)ccc2C(F)(F)F)nc2cc(Cl)c(N3CCC(F)(F)CC3)cc21. The van der Waals surface area contributed by atoms with Crippen molar-refractivity contribution < 1.29 is 30.4 Å². The Morgan fingerprint density at radius 2 is 1.72 bits per heavy atom. The molecule has 7 nitrogen and oxygen atoms in total. The molecule has 0 bridgehead atoms. The molecule has 0 unspecified atom stereocenters. The Balaban J connectivity index is 1.67. The molecule has 0 aliphatic carbocycles. The number of aryl methyl sites for hydroxylation is 1. The number of nitrogens with zero attached hydrogens (tertiary/aromatic N) is 3. The molecule has 2 heterocycles. The van der Waals surface area contributed by atoms with Crippen LogP contribution in [0.15, 0.2) is 30.3 Å². The number of hydrogen-bond acceptors (Lipinski definition) is 5. The van der Waals surface area contributed by atoms with Crippen molar-refractivity contribution in [2.24, 2.45) is 7.05 Å². The fraction of sp³-hybridized carbons (Fsp3) is 0.480. The Morgan fingerprint density at radius 3 is 2.31 bits per heavy atom. The third-order valence-electron chi connectivity index (χ3n) is 6.69. The predicted octanol–water partition coefficient (Wildman–Crippen LogP) is 6.44. The van der Waals surface area contributed by atoms with Crippen molar-refractivity contribution >= 4 is 50.0 Å². The van der Waals surface area contributed by atoms with E-state index in [4.69, 9.17) is 11.6 Å². The summed E-state index contributed by atoms with van der Waals surface area (Å²) in [6, 6.07) is 6.54. The normalized spacial score (nSPS) is 16.6. The highest BCUT2D eigenvalue weighted by molar-refractivity contribution is 7.90. The highest BCUT2D eigenvalue weighted by atomic mass is 35.5. The molecule has 1 saturated heterocycles. The summed E-state index contributed by atoms with van der Waals surface area (Å²) >= 11 is 6.44. The van der Waals surface area contributed by atoms with Crippen LogP contribution >= 0.6 is 11.6 Å². The maximum atomic E-state index is 13.8. The minimum absolute atomic E-state index is 0.0846. The molecule has 0 amide bonds. The van der Waals surface area contributed by atoms with Crippen molar-refractivity contribution in [2.75, 3.05) is 23.3 Å². The Bertz CT molecular complexity index is 1490. The van der Waals surface area contributed by atoms with Gasteiger partial charge in [0.15, 0.2) is 0 Å².